The summed E-state index contributed by atoms with van der Waals surface area (Å²) in [5, 5.41) is 0.353. The fourth-order valence-corrected chi connectivity index (χ4v) is 2.43. The number of hydrogen-bond donors (Lipinski definition) is 1. The molecular formula is C18H14N2O4. The summed E-state index contributed by atoms with van der Waals surface area (Å²) < 4.78 is 5.96. The minimum absolute atomic E-state index is 0.0378. The molecule has 0 saturated heterocycles. The Balaban J connectivity index is 2.26. The second kappa shape index (κ2) is 6.37. The highest BCUT2D eigenvalue weighted by molar-refractivity contribution is 5.93. The molecule has 0 aliphatic rings. The van der Waals surface area contributed by atoms with Crippen LogP contribution in [0.1, 0.15) is 10.4 Å². The van der Waals surface area contributed by atoms with Crippen molar-refractivity contribution in [3.63, 3.8) is 0 Å². The first-order valence-electron chi connectivity index (χ1n) is 7.25. The molecule has 1 heterocycles. The van der Waals surface area contributed by atoms with Crippen LogP contribution in [0.5, 0.6) is 0 Å². The van der Waals surface area contributed by atoms with Crippen LogP contribution >= 0.6 is 0 Å². The van der Waals surface area contributed by atoms with E-state index in [1.807, 2.05) is 0 Å². The lowest BCUT2D eigenvalue weighted by Gasteiger charge is -2.11. The first-order chi connectivity index (χ1) is 11.6. The second-order valence-electron chi connectivity index (χ2n) is 5.02. The van der Waals surface area contributed by atoms with Gasteiger partial charge in [-0.25, -0.2) is 14.2 Å². The van der Waals surface area contributed by atoms with Crippen molar-refractivity contribution in [3.8, 4) is 5.69 Å². The fraction of sp³-hybridized carbons (Fsp3) is 0.0556. The van der Waals surface area contributed by atoms with Gasteiger partial charge in [-0.05, 0) is 24.3 Å². The van der Waals surface area contributed by atoms with Crippen LogP contribution in [0.2, 0.25) is 0 Å². The Morgan fingerprint density at radius 2 is 1.83 bits per heavy atom. The largest absolute Gasteiger partial charge is 0.458 e. The van der Waals surface area contributed by atoms with Crippen LogP contribution in [-0.4, -0.2) is 22.1 Å². The highest BCUT2D eigenvalue weighted by Gasteiger charge is 2.17. The van der Waals surface area contributed by atoms with E-state index in [1.165, 1.54) is 18.2 Å². The van der Waals surface area contributed by atoms with Gasteiger partial charge in [0.1, 0.15) is 6.61 Å². The van der Waals surface area contributed by atoms with Gasteiger partial charge in [-0.3, -0.25) is 4.79 Å². The van der Waals surface area contributed by atoms with E-state index in [9.17, 15) is 14.4 Å². The summed E-state index contributed by atoms with van der Waals surface area (Å²) in [5.74, 6) is -0.634. The van der Waals surface area contributed by atoms with Crippen molar-refractivity contribution in [1.82, 2.24) is 9.55 Å². The number of carbonyl (C=O) groups excluding carboxylic acids is 1. The van der Waals surface area contributed by atoms with Crippen molar-refractivity contribution >= 4 is 16.9 Å². The molecule has 0 bridgehead atoms. The van der Waals surface area contributed by atoms with Crippen molar-refractivity contribution < 1.29 is 9.53 Å². The SMILES string of the molecule is C=CCOC(=O)c1ccccc1-n1c(=O)[nH]c2ccccc2c1=O. The number of hydrogen-bond acceptors (Lipinski definition) is 4. The molecule has 0 aliphatic carbocycles. The van der Waals surface area contributed by atoms with Crippen molar-refractivity contribution in [2.75, 3.05) is 6.61 Å². The first kappa shape index (κ1) is 15.5. The number of H-pyrrole nitrogens is 1. The summed E-state index contributed by atoms with van der Waals surface area (Å²) >= 11 is 0. The molecule has 6 nitrogen and oxygen atoms in total. The third kappa shape index (κ3) is 2.65. The van der Waals surface area contributed by atoms with E-state index >= 15 is 0 Å². The van der Waals surface area contributed by atoms with E-state index in [2.05, 4.69) is 11.6 Å². The van der Waals surface area contributed by atoms with Gasteiger partial charge in [0.2, 0.25) is 0 Å². The van der Waals surface area contributed by atoms with Crippen LogP contribution in [0.25, 0.3) is 16.6 Å². The third-order valence-corrected chi connectivity index (χ3v) is 3.50. The van der Waals surface area contributed by atoms with Crippen LogP contribution < -0.4 is 11.2 Å². The number of aromatic nitrogens is 2. The molecule has 0 aliphatic heterocycles. The average Bonchev–Trinajstić information content (AvgIpc) is 2.60. The zero-order valence-electron chi connectivity index (χ0n) is 12.7. The molecule has 0 radical (unpaired) electrons. The quantitative estimate of drug-likeness (QED) is 0.588. The lowest BCUT2D eigenvalue weighted by atomic mass is 10.1. The molecule has 0 amide bonds. The Kier molecular flexibility index (Phi) is 4.11. The molecule has 0 atom stereocenters. The number of para-hydroxylation sites is 2. The maximum Gasteiger partial charge on any atom is 0.340 e. The number of benzene rings is 2. The fourth-order valence-electron chi connectivity index (χ4n) is 2.43. The summed E-state index contributed by atoms with van der Waals surface area (Å²) in [6.45, 7) is 3.52. The Morgan fingerprint density at radius 3 is 2.62 bits per heavy atom. The molecule has 3 rings (SSSR count). The number of rotatable bonds is 4. The highest BCUT2D eigenvalue weighted by atomic mass is 16.5. The molecule has 1 aromatic heterocycles. The Bertz CT molecular complexity index is 1050. The topological polar surface area (TPSA) is 81.2 Å². The summed E-state index contributed by atoms with van der Waals surface area (Å²) in [7, 11) is 0. The normalized spacial score (nSPS) is 10.5. The van der Waals surface area contributed by atoms with Crippen LogP contribution in [-0.2, 0) is 4.74 Å². The molecule has 24 heavy (non-hydrogen) atoms. The lowest BCUT2D eigenvalue weighted by Crippen LogP contribution is -2.34. The third-order valence-electron chi connectivity index (χ3n) is 3.50. The standard InChI is InChI=1S/C18H14N2O4/c1-2-11-24-17(22)13-8-4-6-10-15(13)20-16(21)12-7-3-5-9-14(12)19-18(20)23/h2-10H,1,11H2,(H,19,23). The van der Waals surface area contributed by atoms with E-state index in [0.29, 0.717) is 10.9 Å². The Hall–Kier alpha value is -3.41. The van der Waals surface area contributed by atoms with E-state index < -0.39 is 17.2 Å². The lowest BCUT2D eigenvalue weighted by molar-refractivity contribution is 0.0549. The van der Waals surface area contributed by atoms with Gasteiger partial charge >= 0.3 is 11.7 Å². The van der Waals surface area contributed by atoms with Gasteiger partial charge in [0.25, 0.3) is 5.56 Å². The molecule has 120 valence electrons. The van der Waals surface area contributed by atoms with Gasteiger partial charge in [-0.15, -0.1) is 0 Å². The monoisotopic (exact) mass is 322 g/mol. The first-order valence-corrected chi connectivity index (χ1v) is 7.25. The summed E-state index contributed by atoms with van der Waals surface area (Å²) in [4.78, 5) is 39.9. The van der Waals surface area contributed by atoms with Gasteiger partial charge < -0.3 is 9.72 Å². The van der Waals surface area contributed by atoms with Gasteiger partial charge in [-0.2, -0.15) is 0 Å². The number of carbonyl (C=O) groups is 1. The van der Waals surface area contributed by atoms with Crippen LogP contribution in [0.4, 0.5) is 0 Å². The van der Waals surface area contributed by atoms with E-state index in [1.54, 1.807) is 36.4 Å². The molecule has 1 N–H and O–H groups in total. The predicted molar refractivity (Wildman–Crippen MR) is 90.6 cm³/mol. The molecule has 2 aromatic carbocycles. The minimum atomic E-state index is -0.634. The summed E-state index contributed by atoms with van der Waals surface area (Å²) in [6, 6.07) is 13.0. The highest BCUT2D eigenvalue weighted by Crippen LogP contribution is 2.14. The van der Waals surface area contributed by atoms with Crippen LogP contribution in [0, 0.1) is 0 Å². The molecular weight excluding hydrogens is 308 g/mol. The maximum atomic E-state index is 12.7. The van der Waals surface area contributed by atoms with Crippen molar-refractivity contribution in [2.24, 2.45) is 0 Å². The molecule has 0 saturated carbocycles. The van der Waals surface area contributed by atoms with E-state index in [-0.39, 0.29) is 17.9 Å². The second-order valence-corrected chi connectivity index (χ2v) is 5.02. The molecule has 0 fully saturated rings. The zero-order chi connectivity index (χ0) is 17.1. The van der Waals surface area contributed by atoms with Gasteiger partial charge in [0.05, 0.1) is 22.2 Å². The number of ether oxygens (including phenoxy) is 1. The van der Waals surface area contributed by atoms with E-state index in [0.717, 1.165) is 4.57 Å². The van der Waals surface area contributed by atoms with Gasteiger partial charge in [-0.1, -0.05) is 36.9 Å². The van der Waals surface area contributed by atoms with Gasteiger partial charge in [0, 0.05) is 0 Å². The van der Waals surface area contributed by atoms with Crippen molar-refractivity contribution in [1.29, 1.82) is 0 Å². The maximum absolute atomic E-state index is 12.7. The molecule has 3 aromatic rings. The van der Waals surface area contributed by atoms with E-state index in [4.69, 9.17) is 4.74 Å². The Morgan fingerprint density at radius 1 is 1.12 bits per heavy atom. The minimum Gasteiger partial charge on any atom is -0.458 e. The number of aromatic amines is 1. The number of nitrogens with zero attached hydrogens (tertiary/aromatic N) is 1. The number of esters is 1. The van der Waals surface area contributed by atoms with Crippen LogP contribution in [0.15, 0.2) is 70.8 Å². The Labute approximate surface area is 136 Å². The smallest absolute Gasteiger partial charge is 0.340 e. The summed E-state index contributed by atoms with van der Waals surface area (Å²) in [5.41, 5.74) is -0.387. The van der Waals surface area contributed by atoms with Gasteiger partial charge in [0.15, 0.2) is 0 Å². The van der Waals surface area contributed by atoms with Crippen molar-refractivity contribution in [2.45, 2.75) is 0 Å². The van der Waals surface area contributed by atoms with Crippen LogP contribution in [0.3, 0.4) is 0 Å². The molecule has 0 unspecified atom stereocenters. The average molecular weight is 322 g/mol. The van der Waals surface area contributed by atoms with Crippen molar-refractivity contribution in [3.05, 3.63) is 87.6 Å². The molecule has 6 heteroatoms. The number of nitrogens with one attached hydrogen (secondary N) is 1. The molecule has 0 spiro atoms. The number of fused-ring (bicyclic) bond motifs is 1. The summed E-state index contributed by atoms with van der Waals surface area (Å²) in [6.07, 6.45) is 1.44. The predicted octanol–water partition coefficient (Wildman–Crippen LogP) is 2.02. The zero-order valence-corrected chi connectivity index (χ0v) is 12.7.